The van der Waals surface area contributed by atoms with Gasteiger partial charge in [-0.15, -0.1) is 0 Å². The minimum atomic E-state index is -0.527. The van der Waals surface area contributed by atoms with Gasteiger partial charge in [0.05, 0.1) is 12.6 Å². The van der Waals surface area contributed by atoms with E-state index in [1.54, 1.807) is 6.92 Å². The van der Waals surface area contributed by atoms with Crippen molar-refractivity contribution in [1.29, 1.82) is 0 Å². The van der Waals surface area contributed by atoms with Gasteiger partial charge in [-0.25, -0.2) is 0 Å². The molecular weight excluding hydrogens is 240 g/mol. The monoisotopic (exact) mass is 262 g/mol. The van der Waals surface area contributed by atoms with Crippen LogP contribution >= 0.6 is 0 Å². The minimum absolute atomic E-state index is 0.167. The Balaban J connectivity index is 2.07. The molecule has 0 aliphatic carbocycles. The maximum Gasteiger partial charge on any atom is 0.242 e. The number of aliphatic hydroxyl groups is 1. The van der Waals surface area contributed by atoms with Crippen molar-refractivity contribution in [2.75, 3.05) is 31.6 Å². The first-order chi connectivity index (χ1) is 9.09. The Morgan fingerprint density at radius 1 is 1.37 bits per heavy atom. The Morgan fingerprint density at radius 2 is 2.00 bits per heavy atom. The summed E-state index contributed by atoms with van der Waals surface area (Å²) < 4.78 is 0. The van der Waals surface area contributed by atoms with Crippen LogP contribution in [0.5, 0.6) is 0 Å². The van der Waals surface area contributed by atoms with Gasteiger partial charge in [0.2, 0.25) is 5.91 Å². The molecule has 1 aliphatic heterocycles. The van der Waals surface area contributed by atoms with Crippen molar-refractivity contribution in [3.63, 3.8) is 0 Å². The highest BCUT2D eigenvalue weighted by Gasteiger charge is 2.20. The molecule has 0 saturated carbocycles. The fraction of sp³-hybridized carbons (Fsp3) is 0.533. The van der Waals surface area contributed by atoms with E-state index in [-0.39, 0.29) is 5.91 Å². The number of likely N-dealkylation sites (N-methyl/N-ethyl adjacent to an activating group) is 1. The molecule has 1 N–H and O–H groups in total. The highest BCUT2D eigenvalue weighted by Crippen LogP contribution is 2.25. The molecule has 1 saturated heterocycles. The molecule has 1 amide bonds. The maximum atomic E-state index is 12.1. The lowest BCUT2D eigenvalue weighted by Crippen LogP contribution is -2.37. The van der Waals surface area contributed by atoms with Crippen LogP contribution in [0.2, 0.25) is 0 Å². The normalized spacial score (nSPS) is 16.5. The van der Waals surface area contributed by atoms with Crippen LogP contribution in [0.25, 0.3) is 0 Å². The maximum absolute atomic E-state index is 12.1. The lowest BCUT2D eigenvalue weighted by molar-refractivity contribution is -0.128. The molecule has 4 nitrogen and oxygen atoms in total. The van der Waals surface area contributed by atoms with Crippen LogP contribution in [0.3, 0.4) is 0 Å². The molecule has 19 heavy (non-hydrogen) atoms. The Labute approximate surface area is 114 Å². The standard InChI is InChI=1S/C15H22N2O2/c1-12(18)13-7-3-4-8-14(13)16(2)11-15(19)17-9-5-6-10-17/h3-4,7-8,12,18H,5-6,9-11H2,1-2H3. The molecule has 1 unspecified atom stereocenters. The predicted octanol–water partition coefficient (Wildman–Crippen LogP) is 1.80. The summed E-state index contributed by atoms with van der Waals surface area (Å²) in [5.41, 5.74) is 1.78. The molecule has 0 bridgehead atoms. The molecule has 1 heterocycles. The molecule has 104 valence electrons. The van der Waals surface area contributed by atoms with Crippen molar-refractivity contribution in [2.45, 2.75) is 25.9 Å². The summed E-state index contributed by atoms with van der Waals surface area (Å²) in [6.07, 6.45) is 1.69. The summed E-state index contributed by atoms with van der Waals surface area (Å²) in [6.45, 7) is 3.87. The molecule has 2 rings (SSSR count). The Morgan fingerprint density at radius 3 is 2.63 bits per heavy atom. The van der Waals surface area contributed by atoms with Crippen LogP contribution in [-0.2, 0) is 4.79 Å². The van der Waals surface area contributed by atoms with Crippen molar-refractivity contribution in [2.24, 2.45) is 0 Å². The van der Waals surface area contributed by atoms with Gasteiger partial charge in [0, 0.05) is 31.4 Å². The van der Waals surface area contributed by atoms with Gasteiger partial charge in [0.1, 0.15) is 0 Å². The number of amides is 1. The van der Waals surface area contributed by atoms with Crippen molar-refractivity contribution in [1.82, 2.24) is 4.90 Å². The second-order valence-electron chi connectivity index (χ2n) is 5.18. The van der Waals surface area contributed by atoms with E-state index in [1.165, 1.54) is 0 Å². The molecule has 1 aromatic rings. The van der Waals surface area contributed by atoms with Gasteiger partial charge in [-0.1, -0.05) is 18.2 Å². The molecule has 0 aromatic heterocycles. The molecule has 1 aromatic carbocycles. The average molecular weight is 262 g/mol. The Kier molecular flexibility index (Phi) is 4.43. The molecule has 1 atom stereocenters. The number of hydrogen-bond acceptors (Lipinski definition) is 3. The van der Waals surface area contributed by atoms with E-state index in [0.29, 0.717) is 6.54 Å². The first-order valence-corrected chi connectivity index (χ1v) is 6.85. The van der Waals surface area contributed by atoms with Crippen molar-refractivity contribution in [3.8, 4) is 0 Å². The number of likely N-dealkylation sites (tertiary alicyclic amines) is 1. The first-order valence-electron chi connectivity index (χ1n) is 6.85. The van der Waals surface area contributed by atoms with E-state index >= 15 is 0 Å². The van der Waals surface area contributed by atoms with Crippen LogP contribution in [0, 0.1) is 0 Å². The highest BCUT2D eigenvalue weighted by molar-refractivity contribution is 5.82. The van der Waals surface area contributed by atoms with Crippen LogP contribution in [0.4, 0.5) is 5.69 Å². The van der Waals surface area contributed by atoms with Gasteiger partial charge in [-0.05, 0) is 25.8 Å². The number of hydrogen-bond donors (Lipinski definition) is 1. The zero-order valence-electron chi connectivity index (χ0n) is 11.7. The molecular formula is C15H22N2O2. The highest BCUT2D eigenvalue weighted by atomic mass is 16.3. The van der Waals surface area contributed by atoms with Crippen LogP contribution in [-0.4, -0.2) is 42.6 Å². The summed E-state index contributed by atoms with van der Waals surface area (Å²) in [5, 5.41) is 9.78. The second kappa shape index (κ2) is 6.06. The van der Waals surface area contributed by atoms with Crippen LogP contribution in [0.1, 0.15) is 31.4 Å². The lowest BCUT2D eigenvalue weighted by Gasteiger charge is -2.25. The van der Waals surface area contributed by atoms with E-state index in [9.17, 15) is 9.90 Å². The van der Waals surface area contributed by atoms with Crippen LogP contribution < -0.4 is 4.90 Å². The van der Waals surface area contributed by atoms with Gasteiger partial charge < -0.3 is 14.9 Å². The zero-order valence-corrected chi connectivity index (χ0v) is 11.7. The first kappa shape index (κ1) is 13.9. The SMILES string of the molecule is CC(O)c1ccccc1N(C)CC(=O)N1CCCC1. The third-order valence-electron chi connectivity index (χ3n) is 3.63. The summed E-state index contributed by atoms with van der Waals surface area (Å²) in [4.78, 5) is 16.0. The van der Waals surface area contributed by atoms with E-state index in [4.69, 9.17) is 0 Å². The summed E-state index contributed by atoms with van der Waals surface area (Å²) in [6, 6.07) is 7.68. The third kappa shape index (κ3) is 3.26. The molecule has 0 spiro atoms. The average Bonchev–Trinajstić information content (AvgIpc) is 2.92. The van der Waals surface area contributed by atoms with Gasteiger partial charge in [0.15, 0.2) is 0 Å². The lowest BCUT2D eigenvalue weighted by atomic mass is 10.1. The number of aliphatic hydroxyl groups excluding tert-OH is 1. The smallest absolute Gasteiger partial charge is 0.242 e. The number of para-hydroxylation sites is 1. The number of rotatable bonds is 4. The quantitative estimate of drug-likeness (QED) is 0.900. The van der Waals surface area contributed by atoms with E-state index in [0.717, 1.165) is 37.2 Å². The van der Waals surface area contributed by atoms with E-state index in [2.05, 4.69) is 0 Å². The van der Waals surface area contributed by atoms with E-state index < -0.39 is 6.10 Å². The van der Waals surface area contributed by atoms with Gasteiger partial charge >= 0.3 is 0 Å². The largest absolute Gasteiger partial charge is 0.389 e. The van der Waals surface area contributed by atoms with E-state index in [1.807, 2.05) is 41.1 Å². The zero-order chi connectivity index (χ0) is 13.8. The third-order valence-corrected chi connectivity index (χ3v) is 3.63. The fourth-order valence-electron chi connectivity index (χ4n) is 2.54. The van der Waals surface area contributed by atoms with Crippen molar-refractivity contribution < 1.29 is 9.90 Å². The molecule has 1 aliphatic rings. The number of carbonyl (C=O) groups is 1. The number of carbonyl (C=O) groups excluding carboxylic acids is 1. The Hall–Kier alpha value is -1.55. The number of nitrogens with zero attached hydrogens (tertiary/aromatic N) is 2. The minimum Gasteiger partial charge on any atom is -0.389 e. The summed E-state index contributed by atoms with van der Waals surface area (Å²) in [5.74, 6) is 0.167. The van der Waals surface area contributed by atoms with Gasteiger partial charge in [-0.2, -0.15) is 0 Å². The van der Waals surface area contributed by atoms with Crippen molar-refractivity contribution in [3.05, 3.63) is 29.8 Å². The fourth-order valence-corrected chi connectivity index (χ4v) is 2.54. The second-order valence-corrected chi connectivity index (χ2v) is 5.18. The number of benzene rings is 1. The number of anilines is 1. The molecule has 1 fully saturated rings. The molecule has 4 heteroatoms. The molecule has 0 radical (unpaired) electrons. The Bertz CT molecular complexity index is 440. The topological polar surface area (TPSA) is 43.8 Å². The predicted molar refractivity (Wildman–Crippen MR) is 76.2 cm³/mol. The summed E-state index contributed by atoms with van der Waals surface area (Å²) in [7, 11) is 1.90. The van der Waals surface area contributed by atoms with Crippen LogP contribution in [0.15, 0.2) is 24.3 Å². The van der Waals surface area contributed by atoms with Gasteiger partial charge in [-0.3, -0.25) is 4.79 Å². The van der Waals surface area contributed by atoms with Crippen molar-refractivity contribution >= 4 is 11.6 Å². The van der Waals surface area contributed by atoms with Gasteiger partial charge in [0.25, 0.3) is 0 Å². The summed E-state index contributed by atoms with van der Waals surface area (Å²) >= 11 is 0.